The highest BCUT2D eigenvalue weighted by atomic mass is 16.4. The van der Waals surface area contributed by atoms with Gasteiger partial charge in [-0.15, -0.1) is 0 Å². The van der Waals surface area contributed by atoms with Crippen LogP contribution < -0.4 is 0 Å². The van der Waals surface area contributed by atoms with Crippen molar-refractivity contribution in [1.82, 2.24) is 0 Å². The molecule has 0 amide bonds. The number of carboxylic acid groups (broad SMARTS) is 1. The lowest BCUT2D eigenvalue weighted by atomic mass is 9.97. The molecule has 2 aromatic carbocycles. The first-order valence-electron chi connectivity index (χ1n) is 5.74. The second-order valence-corrected chi connectivity index (χ2v) is 4.13. The standard InChI is InChI=1S/C16H14O2/c1-12-7-8-14(9-10-16(17)18)15(11-12)13-5-3-2-4-6-13/h2-11H,1H3,(H,17,18)/b10-9+. The van der Waals surface area contributed by atoms with E-state index in [1.54, 1.807) is 6.08 Å². The van der Waals surface area contributed by atoms with Crippen LogP contribution in [0.1, 0.15) is 11.1 Å². The van der Waals surface area contributed by atoms with E-state index in [1.807, 2.05) is 49.4 Å². The Morgan fingerprint density at radius 1 is 1.11 bits per heavy atom. The number of benzene rings is 2. The highest BCUT2D eigenvalue weighted by molar-refractivity contribution is 5.88. The molecule has 18 heavy (non-hydrogen) atoms. The zero-order chi connectivity index (χ0) is 13.0. The van der Waals surface area contributed by atoms with Gasteiger partial charge in [-0.1, -0.05) is 54.1 Å². The number of aryl methyl sites for hydroxylation is 1. The fraction of sp³-hybridized carbons (Fsp3) is 0.0625. The van der Waals surface area contributed by atoms with E-state index in [9.17, 15) is 4.79 Å². The van der Waals surface area contributed by atoms with Crippen molar-refractivity contribution in [2.45, 2.75) is 6.92 Å². The average molecular weight is 238 g/mol. The maximum absolute atomic E-state index is 10.6. The summed E-state index contributed by atoms with van der Waals surface area (Å²) in [6.07, 6.45) is 2.79. The maximum Gasteiger partial charge on any atom is 0.328 e. The third kappa shape index (κ3) is 2.86. The van der Waals surface area contributed by atoms with Crippen molar-refractivity contribution in [2.75, 3.05) is 0 Å². The minimum atomic E-state index is -0.936. The van der Waals surface area contributed by atoms with E-state index in [4.69, 9.17) is 5.11 Å². The predicted octanol–water partition coefficient (Wildman–Crippen LogP) is 3.76. The molecule has 0 radical (unpaired) electrons. The molecule has 2 heteroatoms. The summed E-state index contributed by atoms with van der Waals surface area (Å²) in [5, 5.41) is 8.70. The first kappa shape index (κ1) is 12.1. The van der Waals surface area contributed by atoms with E-state index in [0.29, 0.717) is 0 Å². The topological polar surface area (TPSA) is 37.3 Å². The lowest BCUT2D eigenvalue weighted by Gasteiger charge is -2.07. The van der Waals surface area contributed by atoms with Gasteiger partial charge in [0.1, 0.15) is 0 Å². The molecule has 1 N–H and O–H groups in total. The van der Waals surface area contributed by atoms with E-state index < -0.39 is 5.97 Å². The van der Waals surface area contributed by atoms with Gasteiger partial charge < -0.3 is 5.11 Å². The van der Waals surface area contributed by atoms with Gasteiger partial charge in [-0.25, -0.2) is 4.79 Å². The van der Waals surface area contributed by atoms with Crippen LogP contribution in [0.2, 0.25) is 0 Å². The maximum atomic E-state index is 10.6. The van der Waals surface area contributed by atoms with Gasteiger partial charge >= 0.3 is 5.97 Å². The zero-order valence-corrected chi connectivity index (χ0v) is 10.1. The van der Waals surface area contributed by atoms with E-state index in [1.165, 1.54) is 0 Å². The molecule has 0 atom stereocenters. The van der Waals surface area contributed by atoms with Crippen LogP contribution in [0, 0.1) is 6.92 Å². The minimum Gasteiger partial charge on any atom is -0.478 e. The van der Waals surface area contributed by atoms with Crippen molar-refractivity contribution in [3.8, 4) is 11.1 Å². The fourth-order valence-electron chi connectivity index (χ4n) is 1.84. The second kappa shape index (κ2) is 5.32. The molecule has 0 fully saturated rings. The first-order chi connectivity index (χ1) is 8.66. The van der Waals surface area contributed by atoms with Gasteiger partial charge in [-0.3, -0.25) is 0 Å². The number of hydrogen-bond donors (Lipinski definition) is 1. The number of rotatable bonds is 3. The summed E-state index contributed by atoms with van der Waals surface area (Å²) in [6, 6.07) is 15.9. The van der Waals surface area contributed by atoms with Crippen LogP contribution in [0.5, 0.6) is 0 Å². The summed E-state index contributed by atoms with van der Waals surface area (Å²) in [6.45, 7) is 2.02. The molecule has 0 aliphatic heterocycles. The lowest BCUT2D eigenvalue weighted by molar-refractivity contribution is -0.131. The number of aliphatic carboxylic acids is 1. The quantitative estimate of drug-likeness (QED) is 0.827. The fourth-order valence-corrected chi connectivity index (χ4v) is 1.84. The molecular formula is C16H14O2. The van der Waals surface area contributed by atoms with Crippen LogP contribution >= 0.6 is 0 Å². The van der Waals surface area contributed by atoms with E-state index in [0.717, 1.165) is 28.3 Å². The summed E-state index contributed by atoms with van der Waals surface area (Å²) < 4.78 is 0. The molecule has 0 unspecified atom stereocenters. The largest absolute Gasteiger partial charge is 0.478 e. The predicted molar refractivity (Wildman–Crippen MR) is 73.3 cm³/mol. The van der Waals surface area contributed by atoms with Crippen molar-refractivity contribution < 1.29 is 9.90 Å². The Morgan fingerprint density at radius 3 is 2.50 bits per heavy atom. The van der Waals surface area contributed by atoms with Crippen LogP contribution in [0.25, 0.3) is 17.2 Å². The molecule has 2 rings (SSSR count). The van der Waals surface area contributed by atoms with Gasteiger partial charge in [0.25, 0.3) is 0 Å². The molecule has 0 spiro atoms. The van der Waals surface area contributed by atoms with Crippen LogP contribution in [0.3, 0.4) is 0 Å². The lowest BCUT2D eigenvalue weighted by Crippen LogP contribution is -1.88. The Morgan fingerprint density at radius 2 is 1.83 bits per heavy atom. The molecule has 2 nitrogen and oxygen atoms in total. The molecule has 0 saturated carbocycles. The van der Waals surface area contributed by atoms with Crippen molar-refractivity contribution in [1.29, 1.82) is 0 Å². The van der Waals surface area contributed by atoms with E-state index in [2.05, 4.69) is 6.07 Å². The normalized spacial score (nSPS) is 10.7. The van der Waals surface area contributed by atoms with Gasteiger partial charge in [0, 0.05) is 6.08 Å². The van der Waals surface area contributed by atoms with Crippen LogP contribution in [0.15, 0.2) is 54.6 Å². The summed E-state index contributed by atoms with van der Waals surface area (Å²) in [5.74, 6) is -0.936. The van der Waals surface area contributed by atoms with Crippen molar-refractivity contribution in [3.05, 3.63) is 65.7 Å². The Hall–Kier alpha value is -2.35. The summed E-state index contributed by atoms with van der Waals surface area (Å²) in [7, 11) is 0. The average Bonchev–Trinajstić information content (AvgIpc) is 2.38. The Kier molecular flexibility index (Phi) is 3.58. The highest BCUT2D eigenvalue weighted by Crippen LogP contribution is 2.25. The van der Waals surface area contributed by atoms with Crippen LogP contribution in [-0.4, -0.2) is 11.1 Å². The van der Waals surface area contributed by atoms with Gasteiger partial charge in [0.15, 0.2) is 0 Å². The summed E-state index contributed by atoms with van der Waals surface area (Å²) >= 11 is 0. The van der Waals surface area contributed by atoms with E-state index in [-0.39, 0.29) is 0 Å². The van der Waals surface area contributed by atoms with Crippen molar-refractivity contribution in [3.63, 3.8) is 0 Å². The van der Waals surface area contributed by atoms with Crippen LogP contribution in [-0.2, 0) is 4.79 Å². The number of hydrogen-bond acceptors (Lipinski definition) is 1. The zero-order valence-electron chi connectivity index (χ0n) is 10.1. The molecule has 0 aliphatic carbocycles. The Balaban J connectivity index is 2.51. The third-order valence-corrected chi connectivity index (χ3v) is 2.70. The SMILES string of the molecule is Cc1ccc(/C=C/C(=O)O)c(-c2ccccc2)c1. The molecule has 90 valence electrons. The van der Waals surface area contributed by atoms with Crippen molar-refractivity contribution in [2.24, 2.45) is 0 Å². The third-order valence-electron chi connectivity index (χ3n) is 2.70. The molecule has 0 heterocycles. The molecule has 0 aromatic heterocycles. The van der Waals surface area contributed by atoms with Crippen LogP contribution in [0.4, 0.5) is 0 Å². The Labute approximate surface area is 106 Å². The van der Waals surface area contributed by atoms with Gasteiger partial charge in [-0.2, -0.15) is 0 Å². The van der Waals surface area contributed by atoms with Gasteiger partial charge in [-0.05, 0) is 29.7 Å². The molecule has 2 aromatic rings. The molecule has 0 aliphatic rings. The van der Waals surface area contributed by atoms with Gasteiger partial charge in [0.05, 0.1) is 0 Å². The molecular weight excluding hydrogens is 224 g/mol. The second-order valence-electron chi connectivity index (χ2n) is 4.13. The summed E-state index contributed by atoms with van der Waals surface area (Å²) in [5.41, 5.74) is 4.20. The van der Waals surface area contributed by atoms with Crippen molar-refractivity contribution >= 4 is 12.0 Å². The first-order valence-corrected chi connectivity index (χ1v) is 5.74. The highest BCUT2D eigenvalue weighted by Gasteiger charge is 2.03. The van der Waals surface area contributed by atoms with Gasteiger partial charge in [0.2, 0.25) is 0 Å². The molecule has 0 saturated heterocycles. The van der Waals surface area contributed by atoms with E-state index >= 15 is 0 Å². The number of carbonyl (C=O) groups is 1. The molecule has 0 bridgehead atoms. The smallest absolute Gasteiger partial charge is 0.328 e. The Bertz CT molecular complexity index is 583. The number of carboxylic acids is 1. The minimum absolute atomic E-state index is 0.911. The summed E-state index contributed by atoms with van der Waals surface area (Å²) in [4.78, 5) is 10.6. The monoisotopic (exact) mass is 238 g/mol.